The van der Waals surface area contributed by atoms with Crippen LogP contribution in [0.2, 0.25) is 0 Å². The number of carbonyl (C=O) groups is 1. The minimum Gasteiger partial charge on any atom is -0.481 e. The molecule has 0 amide bonds. The third-order valence-electron chi connectivity index (χ3n) is 1.95. The number of nitrogens with zero attached hydrogens (tertiary/aromatic N) is 1. The first-order valence-corrected chi connectivity index (χ1v) is 4.50. The quantitative estimate of drug-likeness (QED) is 0.757. The smallest absolute Gasteiger partial charge is 0.303 e. The molecule has 14 heavy (non-hydrogen) atoms. The Bertz CT molecular complexity index is 326. The van der Waals surface area contributed by atoms with Crippen LogP contribution in [0.15, 0.2) is 18.3 Å². The number of aromatic nitrogens is 1. The van der Waals surface area contributed by atoms with Crippen molar-refractivity contribution in [3.8, 4) is 0 Å². The maximum atomic E-state index is 10.4. The molecule has 0 fully saturated rings. The summed E-state index contributed by atoms with van der Waals surface area (Å²) < 4.78 is 0. The number of hydrogen-bond acceptors (Lipinski definition) is 3. The van der Waals surface area contributed by atoms with Gasteiger partial charge < -0.3 is 10.8 Å². The number of nitrogens with two attached hydrogens (primary N) is 1. The summed E-state index contributed by atoms with van der Waals surface area (Å²) in [5.74, 6) is -0.168. The van der Waals surface area contributed by atoms with Crippen LogP contribution in [0.1, 0.15) is 18.9 Å². The number of hydrogen-bond donors (Lipinski definition) is 2. The molecule has 4 heteroatoms. The van der Waals surface area contributed by atoms with Crippen LogP contribution in [0.4, 0.5) is 5.82 Å². The van der Waals surface area contributed by atoms with Gasteiger partial charge in [-0.1, -0.05) is 6.92 Å². The van der Waals surface area contributed by atoms with Crippen LogP contribution in [0.5, 0.6) is 0 Å². The highest BCUT2D eigenvalue weighted by molar-refractivity contribution is 5.67. The molecule has 1 unspecified atom stereocenters. The van der Waals surface area contributed by atoms with E-state index in [1.165, 1.54) is 0 Å². The van der Waals surface area contributed by atoms with Crippen LogP contribution < -0.4 is 5.73 Å². The number of pyridine rings is 1. The second-order valence-electron chi connectivity index (χ2n) is 3.50. The second kappa shape index (κ2) is 4.60. The summed E-state index contributed by atoms with van der Waals surface area (Å²) in [4.78, 5) is 14.3. The molecule has 0 radical (unpaired) electrons. The average Bonchev–Trinajstić information content (AvgIpc) is 2.01. The standard InChI is InChI=1S/C10H14N2O2/c1-7(5-10(13)14)4-8-2-3-12-9(11)6-8/h2-3,6-7H,4-5H2,1H3,(H2,11,12)(H,13,14). The van der Waals surface area contributed by atoms with E-state index in [1.54, 1.807) is 12.3 Å². The monoisotopic (exact) mass is 194 g/mol. The first kappa shape index (κ1) is 10.5. The molecule has 0 aliphatic heterocycles. The van der Waals surface area contributed by atoms with Crippen molar-refractivity contribution < 1.29 is 9.90 Å². The largest absolute Gasteiger partial charge is 0.481 e. The van der Waals surface area contributed by atoms with E-state index in [4.69, 9.17) is 10.8 Å². The molecule has 3 N–H and O–H groups in total. The third-order valence-corrected chi connectivity index (χ3v) is 1.95. The lowest BCUT2D eigenvalue weighted by Gasteiger charge is -2.08. The van der Waals surface area contributed by atoms with Gasteiger partial charge in [-0.15, -0.1) is 0 Å². The zero-order valence-corrected chi connectivity index (χ0v) is 8.10. The predicted molar refractivity (Wildman–Crippen MR) is 53.8 cm³/mol. The van der Waals surface area contributed by atoms with Crippen molar-refractivity contribution in [1.82, 2.24) is 4.98 Å². The van der Waals surface area contributed by atoms with Gasteiger partial charge in [-0.05, 0) is 30.0 Å². The Morgan fingerprint density at radius 1 is 1.71 bits per heavy atom. The maximum absolute atomic E-state index is 10.4. The number of aliphatic carboxylic acids is 1. The van der Waals surface area contributed by atoms with Crippen LogP contribution in [-0.2, 0) is 11.2 Å². The molecule has 1 aromatic rings. The van der Waals surface area contributed by atoms with Crippen molar-refractivity contribution in [2.75, 3.05) is 5.73 Å². The van der Waals surface area contributed by atoms with Gasteiger partial charge in [0, 0.05) is 12.6 Å². The number of anilines is 1. The molecule has 1 aromatic heterocycles. The van der Waals surface area contributed by atoms with E-state index < -0.39 is 5.97 Å². The summed E-state index contributed by atoms with van der Waals surface area (Å²) in [6.07, 6.45) is 2.54. The lowest BCUT2D eigenvalue weighted by molar-refractivity contribution is -0.137. The van der Waals surface area contributed by atoms with Crippen molar-refractivity contribution in [1.29, 1.82) is 0 Å². The van der Waals surface area contributed by atoms with Gasteiger partial charge in [0.15, 0.2) is 0 Å². The van der Waals surface area contributed by atoms with E-state index in [2.05, 4.69) is 4.98 Å². The summed E-state index contributed by atoms with van der Waals surface area (Å²) >= 11 is 0. The van der Waals surface area contributed by atoms with Gasteiger partial charge in [0.05, 0.1) is 0 Å². The SMILES string of the molecule is CC(CC(=O)O)Cc1ccnc(N)c1. The summed E-state index contributed by atoms with van der Waals surface area (Å²) in [7, 11) is 0. The van der Waals surface area contributed by atoms with Crippen molar-refractivity contribution in [3.05, 3.63) is 23.9 Å². The van der Waals surface area contributed by atoms with Gasteiger partial charge in [0.25, 0.3) is 0 Å². The topological polar surface area (TPSA) is 76.2 Å². The lowest BCUT2D eigenvalue weighted by atomic mass is 9.99. The van der Waals surface area contributed by atoms with E-state index in [0.29, 0.717) is 5.82 Å². The second-order valence-corrected chi connectivity index (χ2v) is 3.50. The fraction of sp³-hybridized carbons (Fsp3) is 0.400. The van der Waals surface area contributed by atoms with Gasteiger partial charge in [-0.2, -0.15) is 0 Å². The minimum atomic E-state index is -0.764. The first-order valence-electron chi connectivity index (χ1n) is 4.50. The summed E-state index contributed by atoms with van der Waals surface area (Å²) in [6, 6.07) is 3.63. The van der Waals surface area contributed by atoms with Crippen LogP contribution in [0.3, 0.4) is 0 Å². The highest BCUT2D eigenvalue weighted by atomic mass is 16.4. The van der Waals surface area contributed by atoms with E-state index in [1.807, 2.05) is 13.0 Å². The molecule has 0 saturated heterocycles. The van der Waals surface area contributed by atoms with Crippen molar-refractivity contribution >= 4 is 11.8 Å². The number of nitrogen functional groups attached to an aromatic ring is 1. The normalized spacial score (nSPS) is 12.4. The van der Waals surface area contributed by atoms with Gasteiger partial charge in [0.1, 0.15) is 5.82 Å². The molecule has 0 spiro atoms. The maximum Gasteiger partial charge on any atom is 0.303 e. The number of carboxylic acids is 1. The Hall–Kier alpha value is -1.58. The van der Waals surface area contributed by atoms with E-state index in [0.717, 1.165) is 12.0 Å². The first-order chi connectivity index (χ1) is 6.58. The third kappa shape index (κ3) is 3.43. The van der Waals surface area contributed by atoms with Crippen molar-refractivity contribution in [2.24, 2.45) is 5.92 Å². The zero-order valence-electron chi connectivity index (χ0n) is 8.10. The van der Waals surface area contributed by atoms with Crippen LogP contribution in [-0.4, -0.2) is 16.1 Å². The summed E-state index contributed by atoms with van der Waals surface area (Å²) in [5, 5.41) is 8.58. The molecule has 0 bridgehead atoms. The molecule has 1 heterocycles. The Morgan fingerprint density at radius 3 is 3.00 bits per heavy atom. The van der Waals surface area contributed by atoms with Gasteiger partial charge >= 0.3 is 5.97 Å². The fourth-order valence-electron chi connectivity index (χ4n) is 1.39. The zero-order chi connectivity index (χ0) is 10.6. The molecular formula is C10H14N2O2. The Balaban J connectivity index is 2.55. The predicted octanol–water partition coefficient (Wildman–Crippen LogP) is 1.32. The molecular weight excluding hydrogens is 180 g/mol. The molecule has 0 aliphatic rings. The van der Waals surface area contributed by atoms with E-state index in [-0.39, 0.29) is 12.3 Å². The average molecular weight is 194 g/mol. The van der Waals surface area contributed by atoms with E-state index >= 15 is 0 Å². The van der Waals surface area contributed by atoms with Gasteiger partial charge in [0.2, 0.25) is 0 Å². The Kier molecular flexibility index (Phi) is 3.45. The molecule has 0 saturated carbocycles. The van der Waals surface area contributed by atoms with Crippen molar-refractivity contribution in [3.63, 3.8) is 0 Å². The van der Waals surface area contributed by atoms with E-state index in [9.17, 15) is 4.79 Å². The molecule has 1 atom stereocenters. The van der Waals surface area contributed by atoms with Crippen LogP contribution in [0, 0.1) is 5.92 Å². The number of carboxylic acid groups (broad SMARTS) is 1. The molecule has 0 aliphatic carbocycles. The summed E-state index contributed by atoms with van der Waals surface area (Å²) in [6.45, 7) is 1.91. The highest BCUT2D eigenvalue weighted by Gasteiger charge is 2.08. The van der Waals surface area contributed by atoms with Crippen LogP contribution in [0.25, 0.3) is 0 Å². The Morgan fingerprint density at radius 2 is 2.43 bits per heavy atom. The molecule has 1 rings (SSSR count). The Labute approximate surface area is 82.8 Å². The molecule has 0 aromatic carbocycles. The molecule has 4 nitrogen and oxygen atoms in total. The van der Waals surface area contributed by atoms with Crippen molar-refractivity contribution in [2.45, 2.75) is 19.8 Å². The van der Waals surface area contributed by atoms with Gasteiger partial charge in [-0.3, -0.25) is 4.79 Å². The molecule has 76 valence electrons. The van der Waals surface area contributed by atoms with Gasteiger partial charge in [-0.25, -0.2) is 4.98 Å². The minimum absolute atomic E-state index is 0.120. The number of rotatable bonds is 4. The lowest BCUT2D eigenvalue weighted by Crippen LogP contribution is -2.07. The summed E-state index contributed by atoms with van der Waals surface area (Å²) in [5.41, 5.74) is 6.54. The highest BCUT2D eigenvalue weighted by Crippen LogP contribution is 2.12. The van der Waals surface area contributed by atoms with Crippen LogP contribution >= 0.6 is 0 Å². The fourth-order valence-corrected chi connectivity index (χ4v) is 1.39.